The Bertz CT molecular complexity index is 683. The summed E-state index contributed by atoms with van der Waals surface area (Å²) in [5, 5.41) is 0. The first-order valence-corrected chi connectivity index (χ1v) is 9.09. The highest BCUT2D eigenvalue weighted by Crippen LogP contribution is 2.38. The Morgan fingerprint density at radius 2 is 2.18 bits per heavy atom. The molecule has 0 bridgehead atoms. The van der Waals surface area contributed by atoms with Crippen molar-refractivity contribution in [2.75, 3.05) is 24.6 Å². The molecule has 1 amide bonds. The van der Waals surface area contributed by atoms with Gasteiger partial charge in [0.15, 0.2) is 0 Å². The van der Waals surface area contributed by atoms with E-state index in [1.165, 1.54) is 12.1 Å². The summed E-state index contributed by atoms with van der Waals surface area (Å²) in [4.78, 5) is 14.2. The summed E-state index contributed by atoms with van der Waals surface area (Å²) in [6.07, 6.45) is 2.56. The van der Waals surface area contributed by atoms with Gasteiger partial charge in [-0.2, -0.15) is 0 Å². The number of nitrogens with zero attached hydrogens (tertiary/aromatic N) is 1. The average Bonchev–Trinajstić information content (AvgIpc) is 3.36. The Kier molecular flexibility index (Phi) is 4.10. The molecule has 1 aliphatic heterocycles. The lowest BCUT2D eigenvalue weighted by Crippen LogP contribution is -2.39. The van der Waals surface area contributed by atoms with Gasteiger partial charge in [0.25, 0.3) is 0 Å². The zero-order valence-corrected chi connectivity index (χ0v) is 13.4. The van der Waals surface area contributed by atoms with Crippen molar-refractivity contribution in [2.45, 2.75) is 31.1 Å². The van der Waals surface area contributed by atoms with Crippen LogP contribution < -0.4 is 14.4 Å². The van der Waals surface area contributed by atoms with E-state index in [-0.39, 0.29) is 16.7 Å². The van der Waals surface area contributed by atoms with Crippen LogP contribution in [0.3, 0.4) is 0 Å². The molecule has 7 heteroatoms. The van der Waals surface area contributed by atoms with Crippen LogP contribution in [0.4, 0.5) is 5.69 Å². The molecule has 120 valence electrons. The molecule has 0 saturated heterocycles. The van der Waals surface area contributed by atoms with Crippen LogP contribution in [0.1, 0.15) is 26.2 Å². The number of carbonyl (C=O) groups excluding carboxylic acids is 1. The Balaban J connectivity index is 1.93. The predicted molar refractivity (Wildman–Crippen MR) is 82.5 cm³/mol. The Morgan fingerprint density at radius 1 is 1.41 bits per heavy atom. The number of fused-ring (bicyclic) bond motifs is 1. The summed E-state index contributed by atoms with van der Waals surface area (Å²) in [5.74, 6) is 0.722. The summed E-state index contributed by atoms with van der Waals surface area (Å²) in [5.41, 5.74) is 0.558. The largest absolute Gasteiger partial charge is 0.490 e. The number of benzene rings is 1. The average molecular weight is 324 g/mol. The maximum absolute atomic E-state index is 12.4. The van der Waals surface area contributed by atoms with Crippen LogP contribution in [0, 0.1) is 5.92 Å². The van der Waals surface area contributed by atoms with Crippen molar-refractivity contribution in [3.8, 4) is 5.75 Å². The summed E-state index contributed by atoms with van der Waals surface area (Å²) in [6.45, 7) is 3.19. The first kappa shape index (κ1) is 15.3. The van der Waals surface area contributed by atoms with E-state index in [4.69, 9.17) is 4.74 Å². The van der Waals surface area contributed by atoms with Crippen molar-refractivity contribution in [3.63, 3.8) is 0 Å². The molecule has 0 spiro atoms. The van der Waals surface area contributed by atoms with Gasteiger partial charge in [-0.1, -0.05) is 6.92 Å². The van der Waals surface area contributed by atoms with Crippen molar-refractivity contribution in [1.29, 1.82) is 0 Å². The van der Waals surface area contributed by atoms with E-state index in [2.05, 4.69) is 4.72 Å². The molecule has 3 rings (SSSR count). The summed E-state index contributed by atoms with van der Waals surface area (Å²) in [7, 11) is -3.55. The molecule has 6 nitrogen and oxygen atoms in total. The number of hydrogen-bond donors (Lipinski definition) is 1. The Labute approximate surface area is 130 Å². The van der Waals surface area contributed by atoms with Gasteiger partial charge < -0.3 is 9.64 Å². The smallest absolute Gasteiger partial charge is 0.240 e. The van der Waals surface area contributed by atoms with Gasteiger partial charge in [-0.05, 0) is 37.5 Å². The fourth-order valence-electron chi connectivity index (χ4n) is 2.46. The van der Waals surface area contributed by atoms with Crippen molar-refractivity contribution in [2.24, 2.45) is 5.92 Å². The number of sulfonamides is 1. The monoisotopic (exact) mass is 324 g/mol. The second-order valence-electron chi connectivity index (χ2n) is 5.64. The third-order valence-electron chi connectivity index (χ3n) is 3.84. The molecule has 1 saturated carbocycles. The molecule has 22 heavy (non-hydrogen) atoms. The van der Waals surface area contributed by atoms with Crippen molar-refractivity contribution < 1.29 is 17.9 Å². The van der Waals surface area contributed by atoms with Crippen molar-refractivity contribution >= 4 is 21.6 Å². The Hall–Kier alpha value is -1.60. The minimum absolute atomic E-state index is 0.0700. The van der Waals surface area contributed by atoms with E-state index < -0.39 is 10.0 Å². The van der Waals surface area contributed by atoms with Crippen LogP contribution in [-0.2, 0) is 14.8 Å². The molecule has 1 heterocycles. The first-order valence-electron chi connectivity index (χ1n) is 7.61. The molecule has 2 aliphatic rings. The molecule has 0 atom stereocenters. The van der Waals surface area contributed by atoms with Crippen LogP contribution in [-0.4, -0.2) is 34.0 Å². The van der Waals surface area contributed by atoms with Gasteiger partial charge in [-0.3, -0.25) is 4.79 Å². The van der Waals surface area contributed by atoms with Gasteiger partial charge in [0.2, 0.25) is 15.9 Å². The summed E-state index contributed by atoms with van der Waals surface area (Å²) < 4.78 is 32.6. The van der Waals surface area contributed by atoms with Crippen LogP contribution in [0.2, 0.25) is 0 Å². The van der Waals surface area contributed by atoms with Crippen molar-refractivity contribution in [3.05, 3.63) is 18.2 Å². The third-order valence-corrected chi connectivity index (χ3v) is 5.30. The molecule has 0 radical (unpaired) electrons. The Morgan fingerprint density at radius 3 is 2.86 bits per heavy atom. The minimum atomic E-state index is -3.55. The number of rotatable bonds is 5. The number of carbonyl (C=O) groups is 1. The van der Waals surface area contributed by atoms with Crippen molar-refractivity contribution in [1.82, 2.24) is 4.72 Å². The van der Waals surface area contributed by atoms with Crippen LogP contribution in [0.5, 0.6) is 5.75 Å². The number of amides is 1. The van der Waals surface area contributed by atoms with Gasteiger partial charge in [0.1, 0.15) is 12.4 Å². The molecular formula is C15H20N2O4S. The number of ether oxygens (including phenoxy) is 1. The van der Waals surface area contributed by atoms with Gasteiger partial charge in [0.05, 0.1) is 17.1 Å². The van der Waals surface area contributed by atoms with E-state index in [9.17, 15) is 13.2 Å². The van der Waals surface area contributed by atoms with Gasteiger partial charge >= 0.3 is 0 Å². The zero-order chi connectivity index (χ0) is 15.7. The summed E-state index contributed by atoms with van der Waals surface area (Å²) >= 11 is 0. The minimum Gasteiger partial charge on any atom is -0.490 e. The standard InChI is InChI=1S/C15H20N2O4S/c1-2-7-16-22(19,20)12-5-6-14-13(10-12)17(8-9-21-14)15(18)11-3-4-11/h5-6,10-11,16H,2-4,7-9H2,1H3. The molecule has 1 aliphatic carbocycles. The number of hydrogen-bond acceptors (Lipinski definition) is 4. The van der Waals surface area contributed by atoms with E-state index in [0.717, 1.165) is 19.3 Å². The highest BCUT2D eigenvalue weighted by Gasteiger charge is 2.36. The number of anilines is 1. The molecular weight excluding hydrogens is 304 g/mol. The molecule has 1 N–H and O–H groups in total. The zero-order valence-electron chi connectivity index (χ0n) is 12.5. The predicted octanol–water partition coefficient (Wildman–Crippen LogP) is 1.51. The van der Waals surface area contributed by atoms with E-state index >= 15 is 0 Å². The third kappa shape index (κ3) is 2.96. The molecule has 1 aromatic rings. The maximum atomic E-state index is 12.4. The highest BCUT2D eigenvalue weighted by molar-refractivity contribution is 7.89. The number of nitrogens with one attached hydrogen (secondary N) is 1. The van der Waals surface area contributed by atoms with Gasteiger partial charge in [-0.25, -0.2) is 13.1 Å². The van der Waals surface area contributed by atoms with E-state index in [0.29, 0.717) is 31.1 Å². The van der Waals surface area contributed by atoms with E-state index in [1.54, 1.807) is 11.0 Å². The van der Waals surface area contributed by atoms with Crippen LogP contribution in [0.15, 0.2) is 23.1 Å². The summed E-state index contributed by atoms with van der Waals surface area (Å²) in [6, 6.07) is 4.68. The van der Waals surface area contributed by atoms with Crippen LogP contribution in [0.25, 0.3) is 0 Å². The molecule has 0 aromatic heterocycles. The second kappa shape index (κ2) is 5.89. The lowest BCUT2D eigenvalue weighted by atomic mass is 10.2. The van der Waals surface area contributed by atoms with Gasteiger partial charge in [0, 0.05) is 12.5 Å². The fraction of sp³-hybridized carbons (Fsp3) is 0.533. The van der Waals surface area contributed by atoms with Crippen LogP contribution >= 0.6 is 0 Å². The van der Waals surface area contributed by atoms with Gasteiger partial charge in [-0.15, -0.1) is 0 Å². The SMILES string of the molecule is CCCNS(=O)(=O)c1ccc2c(c1)N(C(=O)C1CC1)CCO2. The second-order valence-corrected chi connectivity index (χ2v) is 7.41. The lowest BCUT2D eigenvalue weighted by Gasteiger charge is -2.30. The van der Waals surface area contributed by atoms with E-state index in [1.807, 2.05) is 6.92 Å². The fourth-order valence-corrected chi connectivity index (χ4v) is 3.62. The maximum Gasteiger partial charge on any atom is 0.240 e. The lowest BCUT2D eigenvalue weighted by molar-refractivity contribution is -0.120. The first-order chi connectivity index (χ1) is 10.5. The topological polar surface area (TPSA) is 75.7 Å². The normalized spacial score (nSPS) is 17.8. The highest BCUT2D eigenvalue weighted by atomic mass is 32.2. The molecule has 0 unspecified atom stereocenters. The molecule has 1 aromatic carbocycles. The quantitative estimate of drug-likeness (QED) is 0.891. The molecule has 1 fully saturated rings.